The standard InChI is InChI=1S/C12H23NO/c1-3-13-9-11(2)10-14-8-7-12-5-4-6-12/h12-13H,2-10H2,1H3. The lowest BCUT2D eigenvalue weighted by Crippen LogP contribution is -2.19. The molecule has 1 saturated carbocycles. The van der Waals surface area contributed by atoms with Crippen LogP contribution in [0.5, 0.6) is 0 Å². The van der Waals surface area contributed by atoms with Crippen molar-refractivity contribution in [2.75, 3.05) is 26.3 Å². The predicted molar refractivity (Wildman–Crippen MR) is 60.5 cm³/mol. The van der Waals surface area contributed by atoms with E-state index < -0.39 is 0 Å². The molecule has 1 aliphatic rings. The molecule has 0 aromatic carbocycles. The van der Waals surface area contributed by atoms with Crippen LogP contribution in [-0.4, -0.2) is 26.3 Å². The van der Waals surface area contributed by atoms with Crippen molar-refractivity contribution in [3.63, 3.8) is 0 Å². The van der Waals surface area contributed by atoms with E-state index in [4.69, 9.17) is 4.74 Å². The van der Waals surface area contributed by atoms with Crippen LogP contribution in [0, 0.1) is 5.92 Å². The Morgan fingerprint density at radius 2 is 2.29 bits per heavy atom. The summed E-state index contributed by atoms with van der Waals surface area (Å²) in [5.74, 6) is 0.956. The van der Waals surface area contributed by atoms with Crippen molar-refractivity contribution in [1.29, 1.82) is 0 Å². The fraction of sp³-hybridized carbons (Fsp3) is 0.833. The second kappa shape index (κ2) is 7.02. The molecule has 0 aliphatic heterocycles. The molecular weight excluding hydrogens is 174 g/mol. The minimum Gasteiger partial charge on any atom is -0.377 e. The Morgan fingerprint density at radius 3 is 2.86 bits per heavy atom. The summed E-state index contributed by atoms with van der Waals surface area (Å²) in [5, 5.41) is 3.24. The summed E-state index contributed by atoms with van der Waals surface area (Å²) in [6.45, 7) is 9.58. The number of rotatable bonds is 8. The van der Waals surface area contributed by atoms with Gasteiger partial charge in [-0.25, -0.2) is 0 Å². The van der Waals surface area contributed by atoms with E-state index in [9.17, 15) is 0 Å². The Kier molecular flexibility index (Phi) is 5.88. The molecule has 0 bridgehead atoms. The van der Waals surface area contributed by atoms with Gasteiger partial charge in [-0.3, -0.25) is 0 Å². The van der Waals surface area contributed by atoms with E-state index in [1.165, 1.54) is 25.7 Å². The molecule has 0 aromatic heterocycles. The van der Waals surface area contributed by atoms with Crippen molar-refractivity contribution in [2.24, 2.45) is 5.92 Å². The zero-order valence-electron chi connectivity index (χ0n) is 9.35. The first-order valence-electron chi connectivity index (χ1n) is 5.78. The van der Waals surface area contributed by atoms with Gasteiger partial charge in [-0.15, -0.1) is 0 Å². The molecule has 0 unspecified atom stereocenters. The summed E-state index contributed by atoms with van der Waals surface area (Å²) >= 11 is 0. The molecule has 1 aliphatic carbocycles. The molecule has 0 amide bonds. The van der Waals surface area contributed by atoms with Crippen LogP contribution in [0.4, 0.5) is 0 Å². The van der Waals surface area contributed by atoms with E-state index in [1.807, 2.05) is 0 Å². The van der Waals surface area contributed by atoms with E-state index in [-0.39, 0.29) is 0 Å². The van der Waals surface area contributed by atoms with Gasteiger partial charge in [-0.1, -0.05) is 32.8 Å². The van der Waals surface area contributed by atoms with Gasteiger partial charge in [0.1, 0.15) is 0 Å². The second-order valence-corrected chi connectivity index (χ2v) is 4.17. The third-order valence-corrected chi connectivity index (χ3v) is 2.83. The fourth-order valence-electron chi connectivity index (χ4n) is 1.60. The molecule has 14 heavy (non-hydrogen) atoms. The summed E-state index contributed by atoms with van der Waals surface area (Å²) in [5.41, 5.74) is 1.15. The number of likely N-dealkylation sites (N-methyl/N-ethyl adjacent to an activating group) is 1. The second-order valence-electron chi connectivity index (χ2n) is 4.17. The molecular formula is C12H23NO. The number of hydrogen-bond acceptors (Lipinski definition) is 2. The highest BCUT2D eigenvalue weighted by atomic mass is 16.5. The predicted octanol–water partition coefficient (Wildman–Crippen LogP) is 2.36. The molecule has 0 heterocycles. The third kappa shape index (κ3) is 4.77. The average molecular weight is 197 g/mol. The lowest BCUT2D eigenvalue weighted by Gasteiger charge is -2.24. The van der Waals surface area contributed by atoms with Gasteiger partial charge >= 0.3 is 0 Å². The first kappa shape index (κ1) is 11.7. The molecule has 0 radical (unpaired) electrons. The molecule has 0 atom stereocenters. The molecule has 2 heteroatoms. The average Bonchev–Trinajstić information content (AvgIpc) is 2.11. The summed E-state index contributed by atoms with van der Waals surface area (Å²) in [6, 6.07) is 0. The first-order chi connectivity index (χ1) is 6.83. The maximum Gasteiger partial charge on any atom is 0.0686 e. The van der Waals surface area contributed by atoms with Crippen LogP contribution >= 0.6 is 0 Å². The summed E-state index contributed by atoms with van der Waals surface area (Å²) in [7, 11) is 0. The van der Waals surface area contributed by atoms with Crippen LogP contribution in [0.25, 0.3) is 0 Å². The largest absolute Gasteiger partial charge is 0.377 e. The molecule has 1 fully saturated rings. The Morgan fingerprint density at radius 1 is 1.50 bits per heavy atom. The van der Waals surface area contributed by atoms with Gasteiger partial charge in [0, 0.05) is 13.2 Å². The van der Waals surface area contributed by atoms with Gasteiger partial charge < -0.3 is 10.1 Å². The minimum atomic E-state index is 0.722. The smallest absolute Gasteiger partial charge is 0.0686 e. The summed E-state index contributed by atoms with van der Waals surface area (Å²) in [4.78, 5) is 0. The monoisotopic (exact) mass is 197 g/mol. The summed E-state index contributed by atoms with van der Waals surface area (Å²) < 4.78 is 5.56. The van der Waals surface area contributed by atoms with Crippen molar-refractivity contribution in [3.05, 3.63) is 12.2 Å². The third-order valence-electron chi connectivity index (χ3n) is 2.83. The fourth-order valence-corrected chi connectivity index (χ4v) is 1.60. The van der Waals surface area contributed by atoms with Crippen molar-refractivity contribution in [1.82, 2.24) is 5.32 Å². The molecule has 1 N–H and O–H groups in total. The van der Waals surface area contributed by atoms with Crippen LogP contribution in [0.3, 0.4) is 0 Å². The van der Waals surface area contributed by atoms with Crippen molar-refractivity contribution >= 4 is 0 Å². The number of hydrogen-bond donors (Lipinski definition) is 1. The molecule has 2 nitrogen and oxygen atoms in total. The van der Waals surface area contributed by atoms with Gasteiger partial charge in [0.15, 0.2) is 0 Å². The Hall–Kier alpha value is -0.340. The Bertz CT molecular complexity index is 164. The van der Waals surface area contributed by atoms with E-state index in [0.29, 0.717) is 0 Å². The summed E-state index contributed by atoms with van der Waals surface area (Å²) in [6.07, 6.45) is 5.51. The van der Waals surface area contributed by atoms with Gasteiger partial charge in [-0.05, 0) is 24.5 Å². The van der Waals surface area contributed by atoms with Gasteiger partial charge in [0.25, 0.3) is 0 Å². The van der Waals surface area contributed by atoms with Gasteiger partial charge in [0.2, 0.25) is 0 Å². The van der Waals surface area contributed by atoms with E-state index in [2.05, 4.69) is 18.8 Å². The maximum absolute atomic E-state index is 5.56. The lowest BCUT2D eigenvalue weighted by molar-refractivity contribution is 0.122. The quantitative estimate of drug-likeness (QED) is 0.476. The first-order valence-corrected chi connectivity index (χ1v) is 5.78. The highest BCUT2D eigenvalue weighted by Gasteiger charge is 2.16. The molecule has 82 valence electrons. The minimum absolute atomic E-state index is 0.722. The van der Waals surface area contributed by atoms with Crippen molar-refractivity contribution in [3.8, 4) is 0 Å². The van der Waals surface area contributed by atoms with E-state index in [1.54, 1.807) is 0 Å². The molecule has 0 aromatic rings. The Labute approximate surface area is 87.7 Å². The van der Waals surface area contributed by atoms with Crippen LogP contribution in [-0.2, 0) is 4.74 Å². The van der Waals surface area contributed by atoms with Crippen molar-refractivity contribution in [2.45, 2.75) is 32.6 Å². The van der Waals surface area contributed by atoms with Gasteiger partial charge in [0.05, 0.1) is 6.61 Å². The van der Waals surface area contributed by atoms with Crippen LogP contribution in [0.1, 0.15) is 32.6 Å². The zero-order valence-corrected chi connectivity index (χ0v) is 9.35. The number of nitrogens with one attached hydrogen (secondary N) is 1. The Balaban J connectivity index is 1.84. The molecule has 0 saturated heterocycles. The highest BCUT2D eigenvalue weighted by molar-refractivity contribution is 4.96. The normalized spacial score (nSPS) is 16.6. The zero-order chi connectivity index (χ0) is 10.2. The number of ether oxygens (including phenoxy) is 1. The SMILES string of the molecule is C=C(CNCC)COCCC1CCC1. The molecule has 0 spiro atoms. The van der Waals surface area contributed by atoms with Crippen LogP contribution in [0.15, 0.2) is 12.2 Å². The van der Waals surface area contributed by atoms with Crippen LogP contribution in [0.2, 0.25) is 0 Å². The highest BCUT2D eigenvalue weighted by Crippen LogP contribution is 2.29. The maximum atomic E-state index is 5.56. The lowest BCUT2D eigenvalue weighted by atomic mass is 9.83. The van der Waals surface area contributed by atoms with E-state index >= 15 is 0 Å². The van der Waals surface area contributed by atoms with Crippen molar-refractivity contribution < 1.29 is 4.74 Å². The van der Waals surface area contributed by atoms with Crippen LogP contribution < -0.4 is 5.32 Å². The van der Waals surface area contributed by atoms with E-state index in [0.717, 1.165) is 37.8 Å². The molecule has 1 rings (SSSR count). The van der Waals surface area contributed by atoms with Gasteiger partial charge in [-0.2, -0.15) is 0 Å². The topological polar surface area (TPSA) is 21.3 Å².